The van der Waals surface area contributed by atoms with Gasteiger partial charge in [0.2, 0.25) is 6.79 Å². The van der Waals surface area contributed by atoms with Crippen LogP contribution in [-0.4, -0.2) is 26.0 Å². The number of ether oxygens (including phenoxy) is 2. The minimum atomic E-state index is -3.84. The van der Waals surface area contributed by atoms with E-state index in [1.54, 1.807) is 18.2 Å². The number of anilines is 1. The van der Waals surface area contributed by atoms with E-state index in [0.29, 0.717) is 51.5 Å². The van der Waals surface area contributed by atoms with Crippen LogP contribution in [0.25, 0.3) is 11.3 Å². The van der Waals surface area contributed by atoms with Gasteiger partial charge in [-0.25, -0.2) is 13.4 Å². The van der Waals surface area contributed by atoms with E-state index < -0.39 is 10.0 Å². The normalized spacial score (nSPS) is 14.4. The predicted molar refractivity (Wildman–Crippen MR) is 112 cm³/mol. The molecule has 0 bridgehead atoms. The third-order valence-corrected chi connectivity index (χ3v) is 6.48. The Bertz CT molecular complexity index is 1320. The summed E-state index contributed by atoms with van der Waals surface area (Å²) in [5.74, 6) is 1.29. The Hall–Kier alpha value is -3.30. The van der Waals surface area contributed by atoms with Crippen molar-refractivity contribution < 1.29 is 17.9 Å². The summed E-state index contributed by atoms with van der Waals surface area (Å²) in [6.07, 6.45) is 0. The summed E-state index contributed by atoms with van der Waals surface area (Å²) in [5.41, 5.74) is 9.09. The second-order valence-electron chi connectivity index (χ2n) is 6.72. The molecule has 10 heteroatoms. The Morgan fingerprint density at radius 1 is 1.03 bits per heavy atom. The van der Waals surface area contributed by atoms with Crippen LogP contribution in [0.5, 0.6) is 11.5 Å². The Balaban J connectivity index is 1.43. The fourth-order valence-electron chi connectivity index (χ4n) is 3.28. The highest BCUT2D eigenvalue weighted by Crippen LogP contribution is 2.35. The number of nitrogens with one attached hydrogen (secondary N) is 1. The zero-order valence-electron chi connectivity index (χ0n) is 15.4. The molecule has 30 heavy (non-hydrogen) atoms. The second kappa shape index (κ2) is 6.89. The lowest BCUT2D eigenvalue weighted by atomic mass is 10.1. The Kier molecular flexibility index (Phi) is 4.30. The number of fused-ring (bicyclic) bond motifs is 2. The molecule has 0 fully saturated rings. The van der Waals surface area contributed by atoms with Gasteiger partial charge in [0, 0.05) is 17.2 Å². The van der Waals surface area contributed by atoms with Crippen molar-refractivity contribution in [2.24, 2.45) is 10.7 Å². The van der Waals surface area contributed by atoms with Gasteiger partial charge in [0.1, 0.15) is 11.5 Å². The van der Waals surface area contributed by atoms with Crippen LogP contribution in [-0.2, 0) is 16.6 Å². The zero-order valence-corrected chi connectivity index (χ0v) is 17.0. The first-order valence-electron chi connectivity index (χ1n) is 8.93. The number of hydrogen-bond acceptors (Lipinski definition) is 7. The number of benzene rings is 2. The van der Waals surface area contributed by atoms with E-state index in [1.165, 1.54) is 18.2 Å². The van der Waals surface area contributed by atoms with Crippen LogP contribution in [0.1, 0.15) is 11.3 Å². The van der Waals surface area contributed by atoms with Gasteiger partial charge in [0.15, 0.2) is 11.5 Å². The van der Waals surface area contributed by atoms with Gasteiger partial charge in [-0.05, 0) is 36.4 Å². The van der Waals surface area contributed by atoms with Crippen LogP contribution in [0.4, 0.5) is 5.69 Å². The number of amidine groups is 1. The molecule has 2 aromatic carbocycles. The third-order valence-electron chi connectivity index (χ3n) is 4.79. The standard InChI is InChI=1S/C20H15ClN4O4S/c21-15-7-12(25-30(26,27)13-3-6-17-18(8-13)29-10-28-17)2-4-14(15)16-5-1-11-9-23-20(22)19(11)24-16/h1-8,25H,9-10H2,(H2,22,23). The lowest BCUT2D eigenvalue weighted by Gasteiger charge is -2.11. The van der Waals surface area contributed by atoms with Crippen molar-refractivity contribution >= 4 is 33.1 Å². The van der Waals surface area contributed by atoms with Crippen molar-refractivity contribution in [2.45, 2.75) is 11.4 Å². The predicted octanol–water partition coefficient (Wildman–Crippen LogP) is 3.15. The summed E-state index contributed by atoms with van der Waals surface area (Å²) >= 11 is 6.43. The van der Waals surface area contributed by atoms with E-state index in [-0.39, 0.29) is 11.7 Å². The lowest BCUT2D eigenvalue weighted by Crippen LogP contribution is -2.13. The second-order valence-corrected chi connectivity index (χ2v) is 8.81. The largest absolute Gasteiger partial charge is 0.454 e. The molecule has 0 aliphatic carbocycles. The van der Waals surface area contributed by atoms with Crippen molar-refractivity contribution in [1.29, 1.82) is 0 Å². The van der Waals surface area contributed by atoms with Crippen molar-refractivity contribution in [1.82, 2.24) is 4.98 Å². The number of aromatic nitrogens is 1. The number of hydrogen-bond donors (Lipinski definition) is 2. The topological polar surface area (TPSA) is 116 Å². The molecule has 2 aliphatic rings. The highest BCUT2D eigenvalue weighted by Gasteiger charge is 2.21. The number of sulfonamides is 1. The Morgan fingerprint density at radius 3 is 2.70 bits per heavy atom. The van der Waals surface area contributed by atoms with E-state index in [1.807, 2.05) is 12.1 Å². The molecule has 0 atom stereocenters. The molecule has 0 saturated heterocycles. The molecule has 0 unspecified atom stereocenters. The van der Waals surface area contributed by atoms with Crippen molar-refractivity contribution in [2.75, 3.05) is 11.5 Å². The molecule has 0 radical (unpaired) electrons. The first kappa shape index (κ1) is 18.7. The highest BCUT2D eigenvalue weighted by molar-refractivity contribution is 7.92. The maximum atomic E-state index is 12.7. The molecule has 3 heterocycles. The molecular weight excluding hydrogens is 428 g/mol. The van der Waals surface area contributed by atoms with Crippen molar-refractivity contribution in [3.63, 3.8) is 0 Å². The minimum absolute atomic E-state index is 0.0574. The van der Waals surface area contributed by atoms with E-state index >= 15 is 0 Å². The van der Waals surface area contributed by atoms with E-state index in [4.69, 9.17) is 26.8 Å². The van der Waals surface area contributed by atoms with E-state index in [9.17, 15) is 8.42 Å². The van der Waals surface area contributed by atoms with Crippen molar-refractivity contribution in [3.05, 3.63) is 64.8 Å². The molecular formula is C20H15ClN4O4S. The number of pyridine rings is 1. The van der Waals surface area contributed by atoms with Gasteiger partial charge < -0.3 is 15.2 Å². The monoisotopic (exact) mass is 442 g/mol. The fraction of sp³-hybridized carbons (Fsp3) is 0.100. The molecule has 152 valence electrons. The van der Waals surface area contributed by atoms with Gasteiger partial charge in [0.05, 0.1) is 27.8 Å². The minimum Gasteiger partial charge on any atom is -0.454 e. The van der Waals surface area contributed by atoms with Crippen LogP contribution < -0.4 is 19.9 Å². The van der Waals surface area contributed by atoms with Gasteiger partial charge >= 0.3 is 0 Å². The Morgan fingerprint density at radius 2 is 1.87 bits per heavy atom. The summed E-state index contributed by atoms with van der Waals surface area (Å²) < 4.78 is 38.5. The molecule has 5 rings (SSSR count). The lowest BCUT2D eigenvalue weighted by molar-refractivity contribution is 0.174. The molecule has 2 aliphatic heterocycles. The van der Waals surface area contributed by atoms with Crippen molar-refractivity contribution in [3.8, 4) is 22.8 Å². The molecule has 3 aromatic rings. The van der Waals surface area contributed by atoms with Crippen LogP contribution >= 0.6 is 11.6 Å². The third kappa shape index (κ3) is 3.21. The quantitative estimate of drug-likeness (QED) is 0.641. The first-order valence-corrected chi connectivity index (χ1v) is 10.8. The van der Waals surface area contributed by atoms with Gasteiger partial charge in [-0.15, -0.1) is 0 Å². The Labute approximate surface area is 177 Å². The molecule has 0 amide bonds. The number of nitrogens with two attached hydrogens (primary N) is 1. The van der Waals surface area contributed by atoms with E-state index in [2.05, 4.69) is 14.7 Å². The van der Waals surface area contributed by atoms with Crippen LogP contribution in [0.2, 0.25) is 5.02 Å². The molecule has 1 aromatic heterocycles. The molecule has 8 nitrogen and oxygen atoms in total. The zero-order chi connectivity index (χ0) is 20.9. The number of nitrogens with zero attached hydrogens (tertiary/aromatic N) is 2. The number of aliphatic imine (C=N–C) groups is 1. The highest BCUT2D eigenvalue weighted by atomic mass is 35.5. The average molecular weight is 443 g/mol. The SMILES string of the molecule is NC1=NCc2ccc(-c3ccc(NS(=O)(=O)c4ccc5c(c4)OCO5)cc3Cl)nc21. The van der Waals surface area contributed by atoms with Gasteiger partial charge in [-0.2, -0.15) is 0 Å². The van der Waals surface area contributed by atoms with Crippen LogP contribution in [0, 0.1) is 0 Å². The maximum absolute atomic E-state index is 12.7. The van der Waals surface area contributed by atoms with Gasteiger partial charge in [-0.1, -0.05) is 17.7 Å². The summed E-state index contributed by atoms with van der Waals surface area (Å²) in [6.45, 7) is 0.584. The molecule has 0 spiro atoms. The van der Waals surface area contributed by atoms with Gasteiger partial charge in [-0.3, -0.25) is 9.71 Å². The smallest absolute Gasteiger partial charge is 0.262 e. The summed E-state index contributed by atoms with van der Waals surface area (Å²) in [7, 11) is -3.84. The number of rotatable bonds is 4. The van der Waals surface area contributed by atoms with E-state index in [0.717, 1.165) is 5.56 Å². The molecule has 0 saturated carbocycles. The van der Waals surface area contributed by atoms with Crippen LogP contribution in [0.15, 0.2) is 58.4 Å². The number of halogens is 1. The summed E-state index contributed by atoms with van der Waals surface area (Å²) in [5, 5.41) is 0.349. The van der Waals surface area contributed by atoms with Crippen LogP contribution in [0.3, 0.4) is 0 Å². The fourth-order valence-corrected chi connectivity index (χ4v) is 4.62. The maximum Gasteiger partial charge on any atom is 0.262 e. The summed E-state index contributed by atoms with van der Waals surface area (Å²) in [4.78, 5) is 8.77. The first-order chi connectivity index (χ1) is 14.4. The summed E-state index contributed by atoms with van der Waals surface area (Å²) in [6, 6.07) is 13.0. The van der Waals surface area contributed by atoms with Gasteiger partial charge in [0.25, 0.3) is 10.0 Å². The molecule has 3 N–H and O–H groups in total. The average Bonchev–Trinajstić information content (AvgIpc) is 3.34.